The van der Waals surface area contributed by atoms with Gasteiger partial charge in [-0.3, -0.25) is 0 Å². The van der Waals surface area contributed by atoms with E-state index in [1.165, 1.54) is 16.8 Å². The van der Waals surface area contributed by atoms with Crippen LogP contribution in [0.25, 0.3) is 5.82 Å². The lowest BCUT2D eigenvalue weighted by Crippen LogP contribution is -2.04. The molecule has 0 saturated heterocycles. The van der Waals surface area contributed by atoms with Gasteiger partial charge in [0.2, 0.25) is 5.88 Å². The van der Waals surface area contributed by atoms with E-state index in [1.807, 2.05) is 30.3 Å². The summed E-state index contributed by atoms with van der Waals surface area (Å²) in [5, 5.41) is 13.1. The number of carboxylic acids is 1. The summed E-state index contributed by atoms with van der Waals surface area (Å²) in [6, 6.07) is 14.4. The molecule has 3 aromatic rings. The van der Waals surface area contributed by atoms with Gasteiger partial charge in [0.15, 0.2) is 5.82 Å². The van der Waals surface area contributed by atoms with Crippen LogP contribution < -0.4 is 4.74 Å². The number of aromatic nitrogens is 3. The van der Waals surface area contributed by atoms with Crippen molar-refractivity contribution in [1.29, 1.82) is 0 Å². The molecule has 2 aromatic heterocycles. The first-order chi connectivity index (χ1) is 11.1. The molecule has 0 aliphatic rings. The molecule has 1 N–H and O–H groups in total. The van der Waals surface area contributed by atoms with Crippen molar-refractivity contribution in [2.24, 2.45) is 0 Å². The molecule has 6 nitrogen and oxygen atoms in total. The third kappa shape index (κ3) is 3.49. The van der Waals surface area contributed by atoms with E-state index in [1.54, 1.807) is 12.3 Å². The van der Waals surface area contributed by atoms with Gasteiger partial charge < -0.3 is 9.84 Å². The number of nitrogens with zero attached hydrogens (tertiary/aromatic N) is 3. The van der Waals surface area contributed by atoms with E-state index in [0.717, 1.165) is 5.56 Å². The number of hydrogen-bond acceptors (Lipinski definition) is 4. The molecule has 0 radical (unpaired) electrons. The molecule has 0 bridgehead atoms. The average Bonchev–Trinajstić information content (AvgIpc) is 3.02. The summed E-state index contributed by atoms with van der Waals surface area (Å²) >= 11 is 5.86. The highest BCUT2D eigenvalue weighted by Gasteiger charge is 2.12. The Labute approximate surface area is 136 Å². The van der Waals surface area contributed by atoms with Crippen molar-refractivity contribution in [2.75, 3.05) is 0 Å². The topological polar surface area (TPSA) is 77.2 Å². The number of pyridine rings is 1. The van der Waals surface area contributed by atoms with Gasteiger partial charge in [-0.1, -0.05) is 41.9 Å². The molecule has 0 saturated carbocycles. The fourth-order valence-corrected chi connectivity index (χ4v) is 2.19. The molecular formula is C16H12ClN3O3. The first-order valence-corrected chi connectivity index (χ1v) is 7.14. The van der Waals surface area contributed by atoms with Crippen molar-refractivity contribution in [2.45, 2.75) is 6.61 Å². The van der Waals surface area contributed by atoms with Crippen molar-refractivity contribution in [3.8, 4) is 11.7 Å². The molecule has 0 fully saturated rings. The van der Waals surface area contributed by atoms with Crippen molar-refractivity contribution in [3.63, 3.8) is 0 Å². The molecule has 0 atom stereocenters. The minimum atomic E-state index is -1.12. The summed E-state index contributed by atoms with van der Waals surface area (Å²) in [6.45, 7) is 0.407. The van der Waals surface area contributed by atoms with E-state index in [-0.39, 0.29) is 10.7 Å². The number of carbonyl (C=O) groups is 1. The Morgan fingerprint density at radius 3 is 2.65 bits per heavy atom. The number of halogens is 1. The zero-order valence-electron chi connectivity index (χ0n) is 11.9. The quantitative estimate of drug-likeness (QED) is 0.727. The van der Waals surface area contributed by atoms with Crippen LogP contribution in [-0.4, -0.2) is 25.8 Å². The predicted octanol–water partition coefficient (Wildman–Crippen LogP) is 3.20. The van der Waals surface area contributed by atoms with E-state index in [4.69, 9.17) is 21.4 Å². The highest BCUT2D eigenvalue weighted by atomic mass is 35.5. The Morgan fingerprint density at radius 1 is 1.17 bits per heavy atom. The zero-order chi connectivity index (χ0) is 16.2. The third-order valence-electron chi connectivity index (χ3n) is 3.09. The van der Waals surface area contributed by atoms with E-state index in [9.17, 15) is 4.79 Å². The normalized spacial score (nSPS) is 10.5. The summed E-state index contributed by atoms with van der Waals surface area (Å²) in [4.78, 5) is 15.0. The van der Waals surface area contributed by atoms with Crippen LogP contribution in [0.3, 0.4) is 0 Å². The number of hydrogen-bond donors (Lipinski definition) is 1. The molecular weight excluding hydrogens is 318 g/mol. The summed E-state index contributed by atoms with van der Waals surface area (Å²) in [6.07, 6.45) is 1.67. The zero-order valence-corrected chi connectivity index (χ0v) is 12.6. The Balaban J connectivity index is 1.74. The van der Waals surface area contributed by atoms with E-state index in [0.29, 0.717) is 18.3 Å². The fraction of sp³-hybridized carbons (Fsp3) is 0.0625. The second-order valence-electron chi connectivity index (χ2n) is 4.69. The first kappa shape index (κ1) is 15.1. The van der Waals surface area contributed by atoms with Gasteiger partial charge in [0, 0.05) is 12.3 Å². The molecule has 0 unspecified atom stereocenters. The lowest BCUT2D eigenvalue weighted by molar-refractivity contribution is 0.0696. The average molecular weight is 330 g/mol. The number of aromatic carboxylic acids is 1. The summed E-state index contributed by atoms with van der Waals surface area (Å²) in [7, 11) is 0. The van der Waals surface area contributed by atoms with Crippen molar-refractivity contribution >= 4 is 17.6 Å². The molecule has 0 aliphatic heterocycles. The molecule has 0 amide bonds. The van der Waals surface area contributed by atoms with Crippen molar-refractivity contribution in [1.82, 2.24) is 14.8 Å². The van der Waals surface area contributed by atoms with Gasteiger partial charge in [0.1, 0.15) is 11.8 Å². The Morgan fingerprint density at radius 2 is 1.96 bits per heavy atom. The van der Waals surface area contributed by atoms with Crippen LogP contribution in [0.15, 0.2) is 54.7 Å². The molecule has 1 aromatic carbocycles. The van der Waals surface area contributed by atoms with Crippen LogP contribution in [-0.2, 0) is 6.61 Å². The van der Waals surface area contributed by atoms with Crippen LogP contribution in [0.1, 0.15) is 15.9 Å². The van der Waals surface area contributed by atoms with Gasteiger partial charge in [-0.2, -0.15) is 0 Å². The molecule has 3 rings (SSSR count). The third-order valence-corrected chi connectivity index (χ3v) is 3.38. The molecule has 116 valence electrons. The van der Waals surface area contributed by atoms with Gasteiger partial charge in [-0.05, 0) is 17.7 Å². The maximum atomic E-state index is 10.9. The van der Waals surface area contributed by atoms with Gasteiger partial charge in [-0.15, -0.1) is 5.10 Å². The van der Waals surface area contributed by atoms with Crippen LogP contribution >= 0.6 is 11.6 Å². The minimum Gasteiger partial charge on any atom is -0.478 e. The molecule has 23 heavy (non-hydrogen) atoms. The van der Waals surface area contributed by atoms with E-state index < -0.39 is 5.97 Å². The largest absolute Gasteiger partial charge is 0.478 e. The highest BCUT2D eigenvalue weighted by Crippen LogP contribution is 2.17. The molecule has 0 aliphatic carbocycles. The number of benzene rings is 1. The number of carboxylic acid groups (broad SMARTS) is 1. The SMILES string of the molecule is O=C(O)c1ccc(-n2ccc(OCc3ccccc3)n2)nc1Cl. The molecule has 0 spiro atoms. The van der Waals surface area contributed by atoms with Gasteiger partial charge in [0.25, 0.3) is 0 Å². The minimum absolute atomic E-state index is 0.0527. The first-order valence-electron chi connectivity index (χ1n) is 6.76. The van der Waals surface area contributed by atoms with Gasteiger partial charge in [-0.25, -0.2) is 14.5 Å². The van der Waals surface area contributed by atoms with Crippen LogP contribution in [0.4, 0.5) is 0 Å². The second-order valence-corrected chi connectivity index (χ2v) is 5.04. The fourth-order valence-electron chi connectivity index (χ4n) is 1.96. The standard InChI is InChI=1S/C16H12ClN3O3/c17-15-12(16(21)22)6-7-13(18-15)20-9-8-14(19-20)23-10-11-4-2-1-3-5-11/h1-9H,10H2,(H,21,22). The Bertz CT molecular complexity index is 834. The summed E-state index contributed by atoms with van der Waals surface area (Å²) in [5.74, 6) is -0.273. The van der Waals surface area contributed by atoms with Gasteiger partial charge >= 0.3 is 5.97 Å². The maximum Gasteiger partial charge on any atom is 0.338 e. The van der Waals surface area contributed by atoms with Crippen molar-refractivity contribution in [3.05, 3.63) is 71.0 Å². The predicted molar refractivity (Wildman–Crippen MR) is 84.1 cm³/mol. The second kappa shape index (κ2) is 6.50. The summed E-state index contributed by atoms with van der Waals surface area (Å²) in [5.41, 5.74) is 0.983. The Hall–Kier alpha value is -2.86. The Kier molecular flexibility index (Phi) is 4.25. The molecule has 7 heteroatoms. The smallest absolute Gasteiger partial charge is 0.338 e. The van der Waals surface area contributed by atoms with E-state index in [2.05, 4.69) is 10.1 Å². The number of rotatable bonds is 5. The maximum absolute atomic E-state index is 10.9. The van der Waals surface area contributed by atoms with E-state index >= 15 is 0 Å². The summed E-state index contributed by atoms with van der Waals surface area (Å²) < 4.78 is 7.07. The van der Waals surface area contributed by atoms with Crippen molar-refractivity contribution < 1.29 is 14.6 Å². The number of ether oxygens (including phenoxy) is 1. The van der Waals surface area contributed by atoms with Crippen LogP contribution in [0, 0.1) is 0 Å². The van der Waals surface area contributed by atoms with Gasteiger partial charge in [0.05, 0.1) is 5.56 Å². The van der Waals surface area contributed by atoms with Crippen LogP contribution in [0.2, 0.25) is 5.15 Å². The lowest BCUT2D eigenvalue weighted by Gasteiger charge is -2.04. The monoisotopic (exact) mass is 329 g/mol. The van der Waals surface area contributed by atoms with Crippen LogP contribution in [0.5, 0.6) is 5.88 Å². The highest BCUT2D eigenvalue weighted by molar-refractivity contribution is 6.32. The molecule has 2 heterocycles. The lowest BCUT2D eigenvalue weighted by atomic mass is 10.2.